The van der Waals surface area contributed by atoms with Crippen LogP contribution in [0.15, 0.2) is 16.5 Å². The highest BCUT2D eigenvalue weighted by molar-refractivity contribution is 5.78. The standard InChI is InChI=1S/C9H9NO5/c11-8(12)9(3-4-9)5-6-1-2-7(15-6)10(13)14/h1-2H,3-5H2,(H,11,12). The molecule has 80 valence electrons. The summed E-state index contributed by atoms with van der Waals surface area (Å²) in [6.45, 7) is 0. The largest absolute Gasteiger partial charge is 0.481 e. The predicted octanol–water partition coefficient (Wildman–Crippen LogP) is 1.60. The topological polar surface area (TPSA) is 93.6 Å². The number of carboxylic acid groups (broad SMARTS) is 1. The van der Waals surface area contributed by atoms with Crippen LogP contribution in [0.5, 0.6) is 0 Å². The maximum Gasteiger partial charge on any atom is 0.433 e. The number of rotatable bonds is 4. The molecular formula is C9H9NO5. The summed E-state index contributed by atoms with van der Waals surface area (Å²) in [7, 11) is 0. The Kier molecular flexibility index (Phi) is 1.99. The van der Waals surface area contributed by atoms with Crippen LogP contribution in [0.25, 0.3) is 0 Å². The predicted molar refractivity (Wildman–Crippen MR) is 48.4 cm³/mol. The Morgan fingerprint density at radius 1 is 1.60 bits per heavy atom. The number of nitrogens with zero attached hydrogens (tertiary/aromatic N) is 1. The van der Waals surface area contributed by atoms with Gasteiger partial charge < -0.3 is 9.52 Å². The van der Waals surface area contributed by atoms with Gasteiger partial charge in [-0.1, -0.05) is 0 Å². The van der Waals surface area contributed by atoms with Gasteiger partial charge in [0, 0.05) is 6.42 Å². The van der Waals surface area contributed by atoms with Crippen LogP contribution in [0.4, 0.5) is 5.88 Å². The highest BCUT2D eigenvalue weighted by Crippen LogP contribution is 2.48. The van der Waals surface area contributed by atoms with Gasteiger partial charge in [-0.3, -0.25) is 14.9 Å². The average Bonchev–Trinajstić information content (AvgIpc) is 2.76. The van der Waals surface area contributed by atoms with Gasteiger partial charge in [-0.15, -0.1) is 0 Å². The fraction of sp³-hybridized carbons (Fsp3) is 0.444. The van der Waals surface area contributed by atoms with Gasteiger partial charge in [0.25, 0.3) is 0 Å². The minimum atomic E-state index is -0.860. The lowest BCUT2D eigenvalue weighted by atomic mass is 10.0. The first-order valence-corrected chi connectivity index (χ1v) is 4.50. The molecule has 1 aliphatic carbocycles. The van der Waals surface area contributed by atoms with Crippen molar-refractivity contribution in [1.82, 2.24) is 0 Å². The molecule has 1 aliphatic rings. The molecule has 0 amide bonds. The van der Waals surface area contributed by atoms with E-state index >= 15 is 0 Å². The summed E-state index contributed by atoms with van der Waals surface area (Å²) in [5.41, 5.74) is -0.744. The molecule has 1 N–H and O–H groups in total. The van der Waals surface area contributed by atoms with E-state index in [4.69, 9.17) is 9.52 Å². The maximum absolute atomic E-state index is 10.9. The summed E-state index contributed by atoms with van der Waals surface area (Å²) < 4.78 is 4.91. The van der Waals surface area contributed by atoms with Crippen molar-refractivity contribution >= 4 is 11.9 Å². The van der Waals surface area contributed by atoms with Crippen LogP contribution in [-0.2, 0) is 11.2 Å². The third kappa shape index (κ3) is 1.70. The lowest BCUT2D eigenvalue weighted by Crippen LogP contribution is -2.17. The van der Waals surface area contributed by atoms with Gasteiger partial charge >= 0.3 is 11.9 Å². The summed E-state index contributed by atoms with van der Waals surface area (Å²) in [5, 5.41) is 19.2. The van der Waals surface area contributed by atoms with E-state index in [1.165, 1.54) is 12.1 Å². The number of furan rings is 1. The summed E-state index contributed by atoms with van der Waals surface area (Å²) in [6.07, 6.45) is 1.45. The molecule has 1 fully saturated rings. The average molecular weight is 211 g/mol. The molecule has 0 aromatic carbocycles. The molecule has 1 aromatic heterocycles. The fourth-order valence-electron chi connectivity index (χ4n) is 1.51. The van der Waals surface area contributed by atoms with Gasteiger partial charge in [0.1, 0.15) is 10.7 Å². The number of hydrogen-bond donors (Lipinski definition) is 1. The molecule has 1 aromatic rings. The van der Waals surface area contributed by atoms with E-state index < -0.39 is 16.3 Å². The molecule has 15 heavy (non-hydrogen) atoms. The molecule has 0 unspecified atom stereocenters. The number of carboxylic acids is 1. The van der Waals surface area contributed by atoms with Gasteiger partial charge in [-0.05, 0) is 18.9 Å². The zero-order valence-corrected chi connectivity index (χ0v) is 7.80. The van der Waals surface area contributed by atoms with Crippen LogP contribution in [0.2, 0.25) is 0 Å². The molecule has 6 nitrogen and oxygen atoms in total. The van der Waals surface area contributed by atoms with E-state index in [0.29, 0.717) is 18.6 Å². The number of aliphatic carboxylic acids is 1. The molecule has 6 heteroatoms. The van der Waals surface area contributed by atoms with Crippen LogP contribution in [0.1, 0.15) is 18.6 Å². The van der Waals surface area contributed by atoms with Crippen molar-refractivity contribution in [3.05, 3.63) is 28.0 Å². The third-order valence-corrected chi connectivity index (χ3v) is 2.65. The van der Waals surface area contributed by atoms with Crippen LogP contribution in [0, 0.1) is 15.5 Å². The molecule has 1 saturated carbocycles. The highest BCUT2D eigenvalue weighted by Gasteiger charge is 2.50. The number of nitro groups is 1. The SMILES string of the molecule is O=C(O)C1(Cc2ccc([N+](=O)[O-])o2)CC1. The first kappa shape index (κ1) is 9.70. The number of hydrogen-bond acceptors (Lipinski definition) is 4. The minimum Gasteiger partial charge on any atom is -0.481 e. The first-order valence-electron chi connectivity index (χ1n) is 4.50. The van der Waals surface area contributed by atoms with Crippen LogP contribution >= 0.6 is 0 Å². The summed E-state index contributed by atoms with van der Waals surface area (Å²) in [5.74, 6) is -0.839. The Bertz CT molecular complexity index is 418. The smallest absolute Gasteiger partial charge is 0.433 e. The lowest BCUT2D eigenvalue weighted by Gasteiger charge is -2.05. The van der Waals surface area contributed by atoms with Gasteiger partial charge in [-0.25, -0.2) is 0 Å². The monoisotopic (exact) mass is 211 g/mol. The maximum atomic E-state index is 10.9. The normalized spacial score (nSPS) is 17.3. The van der Waals surface area contributed by atoms with Crippen LogP contribution in [0.3, 0.4) is 0 Å². The molecule has 0 atom stereocenters. The molecule has 0 aliphatic heterocycles. The Morgan fingerprint density at radius 2 is 2.27 bits per heavy atom. The molecular weight excluding hydrogens is 202 g/mol. The minimum absolute atomic E-state index is 0.232. The van der Waals surface area contributed by atoms with Gasteiger partial charge in [-0.2, -0.15) is 0 Å². The molecule has 2 rings (SSSR count). The van der Waals surface area contributed by atoms with E-state index in [1.54, 1.807) is 0 Å². The van der Waals surface area contributed by atoms with E-state index in [2.05, 4.69) is 0 Å². The van der Waals surface area contributed by atoms with Crippen molar-refractivity contribution in [2.24, 2.45) is 5.41 Å². The zero-order valence-electron chi connectivity index (χ0n) is 7.80. The van der Waals surface area contributed by atoms with Crippen molar-refractivity contribution < 1.29 is 19.2 Å². The Morgan fingerprint density at radius 3 is 2.67 bits per heavy atom. The molecule has 0 saturated heterocycles. The summed E-state index contributed by atoms with van der Waals surface area (Å²) in [4.78, 5) is 20.5. The van der Waals surface area contributed by atoms with Crippen molar-refractivity contribution in [2.45, 2.75) is 19.3 Å². The van der Waals surface area contributed by atoms with Gasteiger partial charge in [0.15, 0.2) is 0 Å². The van der Waals surface area contributed by atoms with E-state index in [9.17, 15) is 14.9 Å². The van der Waals surface area contributed by atoms with E-state index in [0.717, 1.165) is 0 Å². The van der Waals surface area contributed by atoms with Crippen molar-refractivity contribution in [3.63, 3.8) is 0 Å². The fourth-order valence-corrected chi connectivity index (χ4v) is 1.51. The highest BCUT2D eigenvalue weighted by atomic mass is 16.6. The van der Waals surface area contributed by atoms with Crippen molar-refractivity contribution in [2.75, 3.05) is 0 Å². The molecule has 1 heterocycles. The number of carbonyl (C=O) groups is 1. The molecule has 0 bridgehead atoms. The van der Waals surface area contributed by atoms with Crippen molar-refractivity contribution in [3.8, 4) is 0 Å². The first-order chi connectivity index (χ1) is 7.03. The van der Waals surface area contributed by atoms with Gasteiger partial charge in [0.05, 0.1) is 11.5 Å². The second-order valence-corrected chi connectivity index (χ2v) is 3.76. The lowest BCUT2D eigenvalue weighted by molar-refractivity contribution is -0.402. The Labute approximate surface area is 84.7 Å². The molecule has 0 spiro atoms. The second kappa shape index (κ2) is 3.08. The second-order valence-electron chi connectivity index (χ2n) is 3.76. The van der Waals surface area contributed by atoms with E-state index in [1.807, 2.05) is 0 Å². The molecule has 0 radical (unpaired) electrons. The van der Waals surface area contributed by atoms with Gasteiger partial charge in [0.2, 0.25) is 0 Å². The van der Waals surface area contributed by atoms with E-state index in [-0.39, 0.29) is 12.3 Å². The summed E-state index contributed by atoms with van der Waals surface area (Å²) >= 11 is 0. The zero-order chi connectivity index (χ0) is 11.1. The third-order valence-electron chi connectivity index (χ3n) is 2.65. The Hall–Kier alpha value is -1.85. The Balaban J connectivity index is 2.12. The van der Waals surface area contributed by atoms with Crippen LogP contribution in [-0.4, -0.2) is 16.0 Å². The summed E-state index contributed by atoms with van der Waals surface area (Å²) in [6, 6.07) is 2.70. The van der Waals surface area contributed by atoms with Crippen LogP contribution < -0.4 is 0 Å². The van der Waals surface area contributed by atoms with Crippen molar-refractivity contribution in [1.29, 1.82) is 0 Å². The quantitative estimate of drug-likeness (QED) is 0.602.